The quantitative estimate of drug-likeness (QED) is 0.371. The monoisotopic (exact) mass is 130 g/mol. The molecule has 0 rings (SSSR count). The van der Waals surface area contributed by atoms with Crippen molar-refractivity contribution in [3.63, 3.8) is 0 Å². The van der Waals surface area contributed by atoms with Crippen molar-refractivity contribution in [2.24, 2.45) is 0 Å². The van der Waals surface area contributed by atoms with Gasteiger partial charge in [-0.25, -0.2) is 0 Å². The zero-order chi connectivity index (χ0) is 4.83. The molecule has 0 aliphatic rings. The fraction of sp³-hybridized carbons (Fsp3) is 0.600. The number of hydrogen-bond acceptors (Lipinski definition) is 0. The second kappa shape index (κ2) is 5.08. The molecule has 0 aromatic heterocycles. The first kappa shape index (κ1) is 6.08. The maximum atomic E-state index is 4.48. The van der Waals surface area contributed by atoms with Crippen molar-refractivity contribution in [1.82, 2.24) is 0 Å². The zero-order valence-corrected chi connectivity index (χ0v) is 4.66. The Labute approximate surface area is 47.1 Å². The van der Waals surface area contributed by atoms with Crippen LogP contribution in [0.5, 0.6) is 0 Å². The van der Waals surface area contributed by atoms with Gasteiger partial charge in [-0.3, -0.25) is 0 Å². The number of unbranched alkanes of at least 4 members (excludes halogenated alkanes) is 1. The van der Waals surface area contributed by atoms with E-state index in [1.54, 1.807) is 0 Å². The van der Waals surface area contributed by atoms with E-state index in [1.807, 2.05) is 0 Å². The molecule has 0 aliphatic carbocycles. The summed E-state index contributed by atoms with van der Waals surface area (Å²) in [6.45, 7) is 2.08. The van der Waals surface area contributed by atoms with Crippen LogP contribution in [0.15, 0.2) is 0 Å². The third kappa shape index (κ3) is 4.08. The second-order valence-corrected chi connectivity index (χ2v) is 1.24. The van der Waals surface area contributed by atoms with Crippen LogP contribution in [0.2, 0.25) is 0 Å². The molecule has 0 amide bonds. The average molecular weight is 131 g/mol. The molecule has 0 fully saturated rings. The van der Waals surface area contributed by atoms with E-state index < -0.39 is 0 Å². The summed E-state index contributed by atoms with van der Waals surface area (Å²) >= 11 is 4.48. The molecule has 0 aliphatic heterocycles. The maximum absolute atomic E-state index is 4.48. The van der Waals surface area contributed by atoms with Crippen molar-refractivity contribution in [2.45, 2.75) is 19.8 Å². The Hall–Kier alpha value is 0.0795. The van der Waals surface area contributed by atoms with Gasteiger partial charge in [-0.05, 0) is 0 Å². The minimum atomic E-state index is 0.943. The molecular formula is C5H7Cu. The van der Waals surface area contributed by atoms with E-state index in [9.17, 15) is 0 Å². The van der Waals surface area contributed by atoms with Gasteiger partial charge in [0.2, 0.25) is 0 Å². The van der Waals surface area contributed by atoms with E-state index in [1.165, 1.54) is 0 Å². The van der Waals surface area contributed by atoms with Crippen molar-refractivity contribution < 1.29 is 16.0 Å². The van der Waals surface area contributed by atoms with E-state index in [0.717, 1.165) is 12.8 Å². The molecule has 0 unspecified atom stereocenters. The Morgan fingerprint density at radius 3 is 2.50 bits per heavy atom. The van der Waals surface area contributed by atoms with Gasteiger partial charge in [-0.1, -0.05) is 0 Å². The summed E-state index contributed by atoms with van der Waals surface area (Å²) in [7, 11) is 0. The van der Waals surface area contributed by atoms with Gasteiger partial charge in [0, 0.05) is 0 Å². The molecule has 0 heterocycles. The number of rotatable bonds is 1. The normalized spacial score (nSPS) is 6.50. The van der Waals surface area contributed by atoms with E-state index in [2.05, 4.69) is 33.7 Å². The molecule has 0 atom stereocenters. The molecule has 0 aromatic rings. The summed E-state index contributed by atoms with van der Waals surface area (Å²) in [5, 5.41) is 0. The molecule has 0 N–H and O–H groups in total. The van der Waals surface area contributed by atoms with Gasteiger partial charge in [0.05, 0.1) is 0 Å². The summed E-state index contributed by atoms with van der Waals surface area (Å²) in [5.41, 5.74) is 0. The third-order valence-corrected chi connectivity index (χ3v) is 0.595. The predicted octanol–water partition coefficient (Wildman–Crippen LogP) is 1.29. The zero-order valence-electron chi connectivity index (χ0n) is 3.72. The van der Waals surface area contributed by atoms with E-state index >= 15 is 0 Å². The van der Waals surface area contributed by atoms with Gasteiger partial charge in [-0.15, -0.1) is 0 Å². The van der Waals surface area contributed by atoms with E-state index in [-0.39, 0.29) is 0 Å². The van der Waals surface area contributed by atoms with Gasteiger partial charge in [0.1, 0.15) is 0 Å². The summed E-state index contributed by atoms with van der Waals surface area (Å²) < 4.78 is 0. The van der Waals surface area contributed by atoms with Crippen LogP contribution in [-0.4, -0.2) is 0 Å². The second-order valence-electron chi connectivity index (χ2n) is 1.00. The van der Waals surface area contributed by atoms with Crippen LogP contribution in [0, 0.1) is 10.7 Å². The molecule has 0 saturated carbocycles. The molecule has 38 valence electrons. The molecule has 6 heavy (non-hydrogen) atoms. The minimum absolute atomic E-state index is 0.943. The Morgan fingerprint density at radius 2 is 2.33 bits per heavy atom. The molecule has 0 radical (unpaired) electrons. The first-order chi connectivity index (χ1) is 2.91. The van der Waals surface area contributed by atoms with Crippen molar-refractivity contribution in [2.75, 3.05) is 0 Å². The molecule has 0 saturated heterocycles. The van der Waals surface area contributed by atoms with Gasteiger partial charge in [-0.2, -0.15) is 0 Å². The molecule has 0 bridgehead atoms. The molecule has 0 spiro atoms. The van der Waals surface area contributed by atoms with Crippen LogP contribution < -0.4 is 0 Å². The Bertz CT molecular complexity index is 65.7. The first-order valence-corrected chi connectivity index (χ1v) is 2.43. The van der Waals surface area contributed by atoms with E-state index in [4.69, 9.17) is 0 Å². The van der Waals surface area contributed by atoms with Gasteiger partial charge >= 0.3 is 46.5 Å². The van der Waals surface area contributed by atoms with Crippen molar-refractivity contribution in [1.29, 1.82) is 0 Å². The fourth-order valence-corrected chi connectivity index (χ4v) is 0.280. The van der Waals surface area contributed by atoms with Gasteiger partial charge in [0.25, 0.3) is 0 Å². The summed E-state index contributed by atoms with van der Waals surface area (Å²) in [5.74, 6) is 2.75. The van der Waals surface area contributed by atoms with Crippen LogP contribution in [0.4, 0.5) is 0 Å². The third-order valence-electron chi connectivity index (χ3n) is 0.428. The molecule has 0 nitrogen and oxygen atoms in total. The Balaban J connectivity index is 2.79. The van der Waals surface area contributed by atoms with Crippen molar-refractivity contribution in [3.8, 4) is 10.7 Å². The fourth-order valence-electron chi connectivity index (χ4n) is 0.163. The average Bonchev–Trinajstić information content (AvgIpc) is 1.61. The Kier molecular flexibility index (Phi) is 5.15. The summed E-state index contributed by atoms with van der Waals surface area (Å²) in [4.78, 5) is 2.38. The van der Waals surface area contributed by atoms with Crippen LogP contribution in [-0.2, 0) is 16.0 Å². The standard InChI is InChI=1S/C5H7.Cu/c1-3-5-4-2;/h3,5H2,1H3;. The summed E-state index contributed by atoms with van der Waals surface area (Å²) in [6.07, 6.45) is 2.05. The SMILES string of the molecule is CCCC#[C][Cu]. The van der Waals surface area contributed by atoms with Crippen LogP contribution in [0.1, 0.15) is 19.8 Å². The van der Waals surface area contributed by atoms with Crippen LogP contribution in [0.25, 0.3) is 0 Å². The topological polar surface area (TPSA) is 0 Å². The summed E-state index contributed by atoms with van der Waals surface area (Å²) in [6, 6.07) is 0. The van der Waals surface area contributed by atoms with Crippen molar-refractivity contribution >= 4 is 0 Å². The van der Waals surface area contributed by atoms with Gasteiger partial charge < -0.3 is 0 Å². The first-order valence-electron chi connectivity index (χ1n) is 1.96. The number of hydrogen-bond donors (Lipinski definition) is 0. The van der Waals surface area contributed by atoms with Crippen LogP contribution in [0.3, 0.4) is 0 Å². The van der Waals surface area contributed by atoms with E-state index in [0.29, 0.717) is 0 Å². The Morgan fingerprint density at radius 1 is 1.67 bits per heavy atom. The molecule has 1 heteroatoms. The molecular weight excluding hydrogens is 124 g/mol. The van der Waals surface area contributed by atoms with Crippen molar-refractivity contribution in [3.05, 3.63) is 0 Å². The van der Waals surface area contributed by atoms with Gasteiger partial charge in [0.15, 0.2) is 0 Å². The van der Waals surface area contributed by atoms with Crippen LogP contribution >= 0.6 is 0 Å². The molecule has 0 aromatic carbocycles. The predicted molar refractivity (Wildman–Crippen MR) is 22.7 cm³/mol.